The third-order valence-corrected chi connectivity index (χ3v) is 5.21. The van der Waals surface area contributed by atoms with Crippen LogP contribution in [0.1, 0.15) is 11.1 Å². The number of rotatable bonds is 4. The highest BCUT2D eigenvalue weighted by Gasteiger charge is 2.15. The summed E-state index contributed by atoms with van der Waals surface area (Å²) >= 11 is 1.39. The highest BCUT2D eigenvalue weighted by atomic mass is 32.2. The van der Waals surface area contributed by atoms with E-state index in [0.717, 1.165) is 11.1 Å². The fourth-order valence-corrected chi connectivity index (χ4v) is 3.82. The van der Waals surface area contributed by atoms with Crippen molar-refractivity contribution in [1.82, 2.24) is 14.5 Å². The van der Waals surface area contributed by atoms with Crippen molar-refractivity contribution >= 4 is 22.7 Å². The molecule has 4 aromatic rings. The Labute approximate surface area is 159 Å². The maximum absolute atomic E-state index is 13.5. The molecule has 4 rings (SSSR count). The minimum absolute atomic E-state index is 0.163. The Morgan fingerprint density at radius 1 is 1.07 bits per heavy atom. The van der Waals surface area contributed by atoms with Gasteiger partial charge in [-0.05, 0) is 48.4 Å². The zero-order valence-electron chi connectivity index (χ0n) is 14.6. The molecule has 0 aliphatic heterocycles. The van der Waals surface area contributed by atoms with E-state index in [1.807, 2.05) is 43.3 Å². The van der Waals surface area contributed by atoms with Crippen molar-refractivity contribution in [3.8, 4) is 5.82 Å². The lowest BCUT2D eigenvalue weighted by atomic mass is 10.2. The number of fused-ring (bicyclic) bond motifs is 1. The standard InChI is InChI=1S/C21H16FN3OS/c1-14-6-5-11-23-19(14)25-20(26)17-9-2-3-10-18(17)24-21(25)27-13-15-7-4-8-16(22)12-15/h2-12H,13H2,1H3. The second kappa shape index (κ2) is 7.32. The summed E-state index contributed by atoms with van der Waals surface area (Å²) in [6, 6.07) is 17.4. The van der Waals surface area contributed by atoms with Crippen LogP contribution in [0.4, 0.5) is 4.39 Å². The highest BCUT2D eigenvalue weighted by molar-refractivity contribution is 7.98. The zero-order chi connectivity index (χ0) is 18.8. The Kier molecular flexibility index (Phi) is 4.73. The summed E-state index contributed by atoms with van der Waals surface area (Å²) in [5.74, 6) is 0.772. The molecule has 0 saturated carbocycles. The van der Waals surface area contributed by atoms with Gasteiger partial charge in [0.1, 0.15) is 11.6 Å². The Bertz CT molecular complexity index is 1190. The molecule has 0 atom stereocenters. The van der Waals surface area contributed by atoms with Gasteiger partial charge in [0.15, 0.2) is 5.16 Å². The van der Waals surface area contributed by atoms with E-state index in [-0.39, 0.29) is 11.4 Å². The molecule has 0 aliphatic rings. The number of aromatic nitrogens is 3. The first-order chi connectivity index (χ1) is 13.1. The molecule has 2 aromatic heterocycles. The van der Waals surface area contributed by atoms with Gasteiger partial charge in [0.25, 0.3) is 5.56 Å². The molecule has 0 radical (unpaired) electrons. The number of halogens is 1. The second-order valence-electron chi connectivity index (χ2n) is 6.11. The van der Waals surface area contributed by atoms with Crippen LogP contribution in [0.15, 0.2) is 76.8 Å². The molecular weight excluding hydrogens is 361 g/mol. The van der Waals surface area contributed by atoms with Crippen molar-refractivity contribution in [3.05, 3.63) is 94.2 Å². The average molecular weight is 377 g/mol. The summed E-state index contributed by atoms with van der Waals surface area (Å²) < 4.78 is 15.0. The molecule has 0 amide bonds. The van der Waals surface area contributed by atoms with Crippen molar-refractivity contribution in [1.29, 1.82) is 0 Å². The number of aryl methyl sites for hydroxylation is 1. The molecule has 2 heterocycles. The Morgan fingerprint density at radius 2 is 1.93 bits per heavy atom. The molecule has 0 saturated heterocycles. The van der Waals surface area contributed by atoms with Crippen LogP contribution in [-0.4, -0.2) is 14.5 Å². The van der Waals surface area contributed by atoms with Gasteiger partial charge < -0.3 is 0 Å². The number of hydrogen-bond donors (Lipinski definition) is 0. The van der Waals surface area contributed by atoms with Crippen LogP contribution >= 0.6 is 11.8 Å². The quantitative estimate of drug-likeness (QED) is 0.387. The number of benzene rings is 2. The van der Waals surface area contributed by atoms with E-state index < -0.39 is 0 Å². The van der Waals surface area contributed by atoms with Crippen molar-refractivity contribution in [2.75, 3.05) is 0 Å². The van der Waals surface area contributed by atoms with Gasteiger partial charge in [-0.2, -0.15) is 0 Å². The number of thioether (sulfide) groups is 1. The van der Waals surface area contributed by atoms with Gasteiger partial charge in [-0.25, -0.2) is 18.9 Å². The van der Waals surface area contributed by atoms with Crippen LogP contribution in [0, 0.1) is 12.7 Å². The van der Waals surface area contributed by atoms with Crippen LogP contribution in [-0.2, 0) is 5.75 Å². The molecule has 0 aliphatic carbocycles. The SMILES string of the molecule is Cc1cccnc1-n1c(SCc2cccc(F)c2)nc2ccccc2c1=O. The summed E-state index contributed by atoms with van der Waals surface area (Å²) in [6.07, 6.45) is 1.66. The van der Waals surface area contributed by atoms with Crippen molar-refractivity contribution in [2.45, 2.75) is 17.8 Å². The Morgan fingerprint density at radius 3 is 2.74 bits per heavy atom. The molecule has 0 unspecified atom stereocenters. The third-order valence-electron chi connectivity index (χ3n) is 4.20. The van der Waals surface area contributed by atoms with Crippen LogP contribution in [0.2, 0.25) is 0 Å². The molecule has 0 spiro atoms. The molecule has 0 N–H and O–H groups in total. The van der Waals surface area contributed by atoms with Crippen LogP contribution in [0.25, 0.3) is 16.7 Å². The second-order valence-corrected chi connectivity index (χ2v) is 7.06. The van der Waals surface area contributed by atoms with Crippen molar-refractivity contribution in [2.24, 2.45) is 0 Å². The normalized spacial score (nSPS) is 11.0. The van der Waals surface area contributed by atoms with Crippen LogP contribution in [0.3, 0.4) is 0 Å². The lowest BCUT2D eigenvalue weighted by molar-refractivity contribution is 0.626. The highest BCUT2D eigenvalue weighted by Crippen LogP contribution is 2.25. The molecule has 27 heavy (non-hydrogen) atoms. The first-order valence-corrected chi connectivity index (χ1v) is 9.43. The molecule has 0 bridgehead atoms. The van der Waals surface area contributed by atoms with E-state index in [1.165, 1.54) is 23.9 Å². The lowest BCUT2D eigenvalue weighted by Crippen LogP contribution is -2.23. The average Bonchev–Trinajstić information content (AvgIpc) is 2.68. The van der Waals surface area contributed by atoms with Gasteiger partial charge in [0.05, 0.1) is 10.9 Å². The third kappa shape index (κ3) is 3.48. The van der Waals surface area contributed by atoms with Crippen molar-refractivity contribution in [3.63, 3.8) is 0 Å². The minimum Gasteiger partial charge on any atom is -0.268 e. The molecule has 6 heteroatoms. The fraction of sp³-hybridized carbons (Fsp3) is 0.0952. The van der Waals surface area contributed by atoms with Gasteiger partial charge in [0.2, 0.25) is 0 Å². The number of pyridine rings is 1. The first-order valence-electron chi connectivity index (χ1n) is 8.44. The van der Waals surface area contributed by atoms with E-state index in [4.69, 9.17) is 0 Å². The smallest absolute Gasteiger partial charge is 0.267 e. The Hall–Kier alpha value is -2.99. The number of para-hydroxylation sites is 1. The van der Waals surface area contributed by atoms with Gasteiger partial charge in [-0.1, -0.05) is 42.1 Å². The summed E-state index contributed by atoms with van der Waals surface area (Å²) in [7, 11) is 0. The topological polar surface area (TPSA) is 47.8 Å². The van der Waals surface area contributed by atoms with E-state index in [0.29, 0.717) is 27.6 Å². The summed E-state index contributed by atoms with van der Waals surface area (Å²) in [4.78, 5) is 22.3. The maximum Gasteiger partial charge on any atom is 0.267 e. The van der Waals surface area contributed by atoms with E-state index in [2.05, 4.69) is 9.97 Å². The first kappa shape index (κ1) is 17.4. The minimum atomic E-state index is -0.280. The zero-order valence-corrected chi connectivity index (χ0v) is 15.4. The molecule has 2 aromatic carbocycles. The van der Waals surface area contributed by atoms with Gasteiger partial charge in [0, 0.05) is 11.9 Å². The molecule has 0 fully saturated rings. The summed E-state index contributed by atoms with van der Waals surface area (Å²) in [5.41, 5.74) is 2.18. The van der Waals surface area contributed by atoms with E-state index in [1.54, 1.807) is 22.9 Å². The van der Waals surface area contributed by atoms with Crippen LogP contribution in [0.5, 0.6) is 0 Å². The van der Waals surface area contributed by atoms with E-state index >= 15 is 0 Å². The van der Waals surface area contributed by atoms with Crippen LogP contribution < -0.4 is 5.56 Å². The van der Waals surface area contributed by atoms with Gasteiger partial charge >= 0.3 is 0 Å². The molecule has 4 nitrogen and oxygen atoms in total. The predicted octanol–water partition coefficient (Wildman–Crippen LogP) is 4.52. The summed E-state index contributed by atoms with van der Waals surface area (Å²) in [6.45, 7) is 1.91. The Balaban J connectivity index is 1.86. The fourth-order valence-electron chi connectivity index (χ4n) is 2.88. The predicted molar refractivity (Wildman–Crippen MR) is 106 cm³/mol. The largest absolute Gasteiger partial charge is 0.268 e. The summed E-state index contributed by atoms with van der Waals surface area (Å²) in [5, 5.41) is 1.07. The number of nitrogens with zero attached hydrogens (tertiary/aromatic N) is 3. The van der Waals surface area contributed by atoms with Gasteiger partial charge in [-0.15, -0.1) is 0 Å². The molecular formula is C21H16FN3OS. The van der Waals surface area contributed by atoms with Crippen molar-refractivity contribution < 1.29 is 4.39 Å². The molecule has 134 valence electrons. The monoisotopic (exact) mass is 377 g/mol. The lowest BCUT2D eigenvalue weighted by Gasteiger charge is -2.14. The maximum atomic E-state index is 13.5. The van der Waals surface area contributed by atoms with Gasteiger partial charge in [-0.3, -0.25) is 4.79 Å². The number of hydrogen-bond acceptors (Lipinski definition) is 4. The van der Waals surface area contributed by atoms with E-state index in [9.17, 15) is 9.18 Å².